The molecular formula is C28H30N4O3S. The minimum absolute atomic E-state index is 0.0220. The molecule has 1 aliphatic rings. The Labute approximate surface area is 215 Å². The number of aliphatic hydroxyl groups excluding tert-OH is 1. The maximum absolute atomic E-state index is 9.42. The van der Waals surface area contributed by atoms with Crippen molar-refractivity contribution in [1.82, 2.24) is 14.8 Å². The van der Waals surface area contributed by atoms with E-state index in [0.29, 0.717) is 6.54 Å². The molecule has 36 heavy (non-hydrogen) atoms. The number of hydrogen-bond acceptors (Lipinski definition) is 7. The van der Waals surface area contributed by atoms with Crippen LogP contribution in [0.2, 0.25) is 0 Å². The van der Waals surface area contributed by atoms with Gasteiger partial charge in [0.05, 0.1) is 18.8 Å². The van der Waals surface area contributed by atoms with Crippen molar-refractivity contribution in [3.63, 3.8) is 0 Å². The summed E-state index contributed by atoms with van der Waals surface area (Å²) in [5.41, 5.74) is 12.2. The maximum Gasteiger partial charge on any atom is 0.190 e. The third-order valence-corrected chi connectivity index (χ3v) is 7.58. The minimum atomic E-state index is -0.495. The van der Waals surface area contributed by atoms with Crippen LogP contribution in [-0.2, 0) is 29.7 Å². The molecule has 0 saturated carbocycles. The van der Waals surface area contributed by atoms with Gasteiger partial charge < -0.3 is 24.9 Å². The topological polar surface area (TPSA) is 95.4 Å². The third kappa shape index (κ3) is 5.53. The lowest BCUT2D eigenvalue weighted by Crippen LogP contribution is -2.31. The number of aromatic nitrogens is 3. The number of benzene rings is 3. The Bertz CT molecular complexity index is 1280. The predicted molar refractivity (Wildman–Crippen MR) is 140 cm³/mol. The molecule has 1 saturated heterocycles. The molecule has 8 heteroatoms. The van der Waals surface area contributed by atoms with Gasteiger partial charge in [0.1, 0.15) is 6.33 Å². The molecule has 0 unspecified atom stereocenters. The molecule has 2 heterocycles. The van der Waals surface area contributed by atoms with Crippen molar-refractivity contribution >= 4 is 11.8 Å². The fourth-order valence-electron chi connectivity index (χ4n) is 4.39. The molecule has 1 aliphatic heterocycles. The van der Waals surface area contributed by atoms with Gasteiger partial charge in [-0.25, -0.2) is 0 Å². The van der Waals surface area contributed by atoms with E-state index < -0.39 is 6.29 Å². The molecule has 1 fully saturated rings. The third-order valence-electron chi connectivity index (χ3n) is 6.41. The summed E-state index contributed by atoms with van der Waals surface area (Å²) in [4.78, 5) is 0. The zero-order valence-corrected chi connectivity index (χ0v) is 21.0. The first-order valence-electron chi connectivity index (χ1n) is 12.0. The lowest BCUT2D eigenvalue weighted by atomic mass is 9.98. The molecular weight excluding hydrogens is 472 g/mol. The van der Waals surface area contributed by atoms with Crippen molar-refractivity contribution in [2.24, 2.45) is 12.8 Å². The molecule has 4 aromatic rings. The van der Waals surface area contributed by atoms with E-state index in [1.54, 1.807) is 18.1 Å². The molecule has 0 amide bonds. The standard InChI is InChI=1S/C28H30N4O3S/c1-32-18-30-31-28(32)36-17-24-14-26(21-8-6-19(16-33)7-9-21)35-27(34-24)22-12-10-20(11-13-22)25-5-3-2-4-23(25)15-29/h2-13,18,24,26-27,33H,14-17,29H2,1H3/t24-,26+,27+/m0/s1. The van der Waals surface area contributed by atoms with Gasteiger partial charge in [-0.15, -0.1) is 10.2 Å². The van der Waals surface area contributed by atoms with Crippen molar-refractivity contribution in [2.75, 3.05) is 5.75 Å². The van der Waals surface area contributed by atoms with E-state index in [0.717, 1.165) is 50.7 Å². The van der Waals surface area contributed by atoms with Gasteiger partial charge in [0.2, 0.25) is 0 Å². The molecule has 3 aromatic carbocycles. The summed E-state index contributed by atoms with van der Waals surface area (Å²) in [5, 5.41) is 18.4. The van der Waals surface area contributed by atoms with Gasteiger partial charge in [0.15, 0.2) is 11.4 Å². The van der Waals surface area contributed by atoms with Crippen molar-refractivity contribution in [1.29, 1.82) is 0 Å². The smallest absolute Gasteiger partial charge is 0.190 e. The Balaban J connectivity index is 1.37. The average Bonchev–Trinajstić information content (AvgIpc) is 3.36. The van der Waals surface area contributed by atoms with E-state index in [2.05, 4.69) is 46.6 Å². The maximum atomic E-state index is 9.42. The van der Waals surface area contributed by atoms with E-state index in [-0.39, 0.29) is 18.8 Å². The largest absolute Gasteiger partial charge is 0.392 e. The van der Waals surface area contributed by atoms with Crippen LogP contribution in [0.15, 0.2) is 84.3 Å². The first-order chi connectivity index (χ1) is 17.6. The number of nitrogens with two attached hydrogens (primary N) is 1. The zero-order chi connectivity index (χ0) is 24.9. The van der Waals surface area contributed by atoms with Gasteiger partial charge in [-0.2, -0.15) is 0 Å². The molecule has 186 valence electrons. The highest BCUT2D eigenvalue weighted by Gasteiger charge is 2.32. The number of aliphatic hydroxyl groups is 1. The van der Waals surface area contributed by atoms with Crippen molar-refractivity contribution in [2.45, 2.75) is 43.2 Å². The molecule has 0 bridgehead atoms. The molecule has 5 rings (SSSR count). The summed E-state index contributed by atoms with van der Waals surface area (Å²) in [6.45, 7) is 0.516. The van der Waals surface area contributed by atoms with Crippen LogP contribution in [0.25, 0.3) is 11.1 Å². The number of ether oxygens (including phenoxy) is 2. The second-order valence-corrected chi connectivity index (χ2v) is 9.86. The summed E-state index contributed by atoms with van der Waals surface area (Å²) in [7, 11) is 1.94. The van der Waals surface area contributed by atoms with Crippen LogP contribution in [0.1, 0.15) is 41.1 Å². The van der Waals surface area contributed by atoms with Gasteiger partial charge in [0.25, 0.3) is 0 Å². The van der Waals surface area contributed by atoms with Crippen LogP contribution in [-0.4, -0.2) is 31.7 Å². The molecule has 7 nitrogen and oxygen atoms in total. The molecule has 0 radical (unpaired) electrons. The number of hydrogen-bond donors (Lipinski definition) is 2. The first-order valence-corrected chi connectivity index (χ1v) is 13.0. The van der Waals surface area contributed by atoms with Crippen LogP contribution < -0.4 is 5.73 Å². The van der Waals surface area contributed by atoms with Gasteiger partial charge >= 0.3 is 0 Å². The first kappa shape index (κ1) is 24.7. The average molecular weight is 503 g/mol. The SMILES string of the molecule is Cn1cnnc1SC[C@@H]1C[C@H](c2ccc(CO)cc2)O[C@H](c2ccc(-c3ccccc3CN)cc2)O1. The number of aryl methyl sites for hydroxylation is 1. The molecule has 0 spiro atoms. The van der Waals surface area contributed by atoms with Gasteiger partial charge in [-0.05, 0) is 27.8 Å². The summed E-state index contributed by atoms with van der Waals surface area (Å²) in [5.74, 6) is 0.736. The lowest BCUT2D eigenvalue weighted by molar-refractivity contribution is -0.245. The van der Waals surface area contributed by atoms with Gasteiger partial charge in [-0.3, -0.25) is 0 Å². The van der Waals surface area contributed by atoms with Crippen LogP contribution in [0.4, 0.5) is 0 Å². The van der Waals surface area contributed by atoms with Crippen LogP contribution in [0.5, 0.6) is 0 Å². The normalized spacial score (nSPS) is 19.9. The zero-order valence-electron chi connectivity index (χ0n) is 20.2. The van der Waals surface area contributed by atoms with Crippen LogP contribution in [0.3, 0.4) is 0 Å². The van der Waals surface area contributed by atoms with Crippen molar-refractivity contribution < 1.29 is 14.6 Å². The monoisotopic (exact) mass is 502 g/mol. The van der Waals surface area contributed by atoms with E-state index in [1.807, 2.05) is 48.0 Å². The van der Waals surface area contributed by atoms with Gasteiger partial charge in [0, 0.05) is 31.3 Å². The van der Waals surface area contributed by atoms with Gasteiger partial charge in [-0.1, -0.05) is 84.6 Å². The highest BCUT2D eigenvalue weighted by Crippen LogP contribution is 2.39. The Morgan fingerprint density at radius 3 is 2.44 bits per heavy atom. The lowest BCUT2D eigenvalue weighted by Gasteiger charge is -2.36. The quantitative estimate of drug-likeness (QED) is 0.335. The number of thioether (sulfide) groups is 1. The second-order valence-electron chi connectivity index (χ2n) is 8.87. The van der Waals surface area contributed by atoms with Crippen LogP contribution in [0, 0.1) is 0 Å². The van der Waals surface area contributed by atoms with E-state index in [4.69, 9.17) is 15.2 Å². The Kier molecular flexibility index (Phi) is 7.79. The molecule has 1 aromatic heterocycles. The Hall–Kier alpha value is -3.01. The Morgan fingerprint density at radius 1 is 1.00 bits per heavy atom. The van der Waals surface area contributed by atoms with E-state index in [9.17, 15) is 5.11 Å². The molecule has 0 aliphatic carbocycles. The van der Waals surface area contributed by atoms with E-state index >= 15 is 0 Å². The number of rotatable bonds is 8. The minimum Gasteiger partial charge on any atom is -0.392 e. The van der Waals surface area contributed by atoms with Crippen molar-refractivity contribution in [3.05, 3.63) is 101 Å². The highest BCUT2D eigenvalue weighted by atomic mass is 32.2. The fraction of sp³-hybridized carbons (Fsp3) is 0.286. The fourth-order valence-corrected chi connectivity index (χ4v) is 5.30. The van der Waals surface area contributed by atoms with Crippen molar-refractivity contribution in [3.8, 4) is 11.1 Å². The van der Waals surface area contributed by atoms with Crippen LogP contribution >= 0.6 is 11.8 Å². The molecule has 3 atom stereocenters. The second kappa shape index (κ2) is 11.4. The predicted octanol–water partition coefficient (Wildman–Crippen LogP) is 4.77. The molecule has 3 N–H and O–H groups in total. The highest BCUT2D eigenvalue weighted by molar-refractivity contribution is 7.99. The summed E-state index contributed by atoms with van der Waals surface area (Å²) < 4.78 is 14.8. The summed E-state index contributed by atoms with van der Waals surface area (Å²) in [6.07, 6.45) is 1.77. The Morgan fingerprint density at radius 2 is 1.75 bits per heavy atom. The number of nitrogens with zero attached hydrogens (tertiary/aromatic N) is 3. The summed E-state index contributed by atoms with van der Waals surface area (Å²) in [6, 6.07) is 24.5. The van der Waals surface area contributed by atoms with E-state index in [1.165, 1.54) is 0 Å². The summed E-state index contributed by atoms with van der Waals surface area (Å²) >= 11 is 1.63.